The first kappa shape index (κ1) is 14.3. The van der Waals surface area contributed by atoms with Gasteiger partial charge in [-0.25, -0.2) is 0 Å². The van der Waals surface area contributed by atoms with E-state index in [4.69, 9.17) is 0 Å². The summed E-state index contributed by atoms with van der Waals surface area (Å²) in [6, 6.07) is 8.13. The van der Waals surface area contributed by atoms with Crippen LogP contribution < -0.4 is 0 Å². The van der Waals surface area contributed by atoms with Crippen LogP contribution in [-0.4, -0.2) is 29.8 Å². The molecule has 0 bridgehead atoms. The molecule has 0 aliphatic carbocycles. The van der Waals surface area contributed by atoms with Crippen LogP contribution >= 0.6 is 0 Å². The molecule has 1 aliphatic rings. The number of carbonyl (C=O) groups is 1. The molecule has 1 atom stereocenters. The van der Waals surface area contributed by atoms with Crippen molar-refractivity contribution in [2.24, 2.45) is 0 Å². The average molecular weight is 259 g/mol. The van der Waals surface area contributed by atoms with Crippen molar-refractivity contribution in [3.05, 3.63) is 35.4 Å². The van der Waals surface area contributed by atoms with E-state index >= 15 is 0 Å². The predicted molar refractivity (Wildman–Crippen MR) is 79.6 cm³/mol. The van der Waals surface area contributed by atoms with Crippen LogP contribution in [0.15, 0.2) is 24.3 Å². The first-order valence-electron chi connectivity index (χ1n) is 7.57. The van der Waals surface area contributed by atoms with Crippen LogP contribution in [0, 0.1) is 6.92 Å². The van der Waals surface area contributed by atoms with E-state index in [1.165, 1.54) is 18.4 Å². The molecule has 2 heteroatoms. The fraction of sp³-hybridized carbons (Fsp3) is 0.588. The van der Waals surface area contributed by atoms with Crippen molar-refractivity contribution >= 4 is 5.78 Å². The van der Waals surface area contributed by atoms with E-state index in [-0.39, 0.29) is 6.04 Å². The number of likely N-dealkylation sites (tertiary alicyclic amines) is 1. The van der Waals surface area contributed by atoms with E-state index in [9.17, 15) is 4.79 Å². The number of Topliss-reactive ketones (excluding diaryl/α,β-unsaturated/α-hetero) is 1. The molecule has 0 radical (unpaired) electrons. The second-order valence-electron chi connectivity index (χ2n) is 5.63. The molecular formula is C17H25NO. The van der Waals surface area contributed by atoms with Gasteiger partial charge in [0, 0.05) is 5.56 Å². The Morgan fingerprint density at radius 2 is 1.84 bits per heavy atom. The van der Waals surface area contributed by atoms with E-state index in [0.717, 1.165) is 37.9 Å². The monoisotopic (exact) mass is 259 g/mol. The predicted octanol–water partition coefficient (Wildman–Crippen LogP) is 3.83. The molecule has 0 amide bonds. The fourth-order valence-corrected chi connectivity index (χ4v) is 2.84. The number of hydrogen-bond acceptors (Lipinski definition) is 2. The van der Waals surface area contributed by atoms with E-state index < -0.39 is 0 Å². The minimum absolute atomic E-state index is 0.102. The van der Waals surface area contributed by atoms with Crippen molar-refractivity contribution in [2.45, 2.75) is 52.0 Å². The standard InChI is InChI=1S/C17H25NO/c1-3-4-7-16(18-12-5-6-13-18)17(19)15-10-8-14(2)9-11-15/h8-11,16H,3-7,12-13H2,1-2H3. The molecule has 1 fully saturated rings. The fourth-order valence-electron chi connectivity index (χ4n) is 2.84. The van der Waals surface area contributed by atoms with Crippen LogP contribution in [0.5, 0.6) is 0 Å². The minimum Gasteiger partial charge on any atom is -0.293 e. The SMILES string of the molecule is CCCCC(C(=O)c1ccc(C)cc1)N1CCCC1. The van der Waals surface area contributed by atoms with Gasteiger partial charge in [-0.2, -0.15) is 0 Å². The zero-order valence-corrected chi connectivity index (χ0v) is 12.2. The summed E-state index contributed by atoms with van der Waals surface area (Å²) in [5.41, 5.74) is 2.08. The molecule has 1 aliphatic heterocycles. The summed E-state index contributed by atoms with van der Waals surface area (Å²) in [7, 11) is 0. The topological polar surface area (TPSA) is 20.3 Å². The molecule has 1 heterocycles. The van der Waals surface area contributed by atoms with Crippen molar-refractivity contribution in [1.29, 1.82) is 0 Å². The van der Waals surface area contributed by atoms with Gasteiger partial charge < -0.3 is 0 Å². The maximum atomic E-state index is 12.7. The van der Waals surface area contributed by atoms with Crippen LogP contribution in [0.2, 0.25) is 0 Å². The molecule has 1 aromatic carbocycles. The van der Waals surface area contributed by atoms with Gasteiger partial charge in [-0.05, 0) is 39.3 Å². The van der Waals surface area contributed by atoms with E-state index in [2.05, 4.69) is 18.7 Å². The number of carbonyl (C=O) groups excluding carboxylic acids is 1. The molecule has 1 unspecified atom stereocenters. The Balaban J connectivity index is 2.11. The van der Waals surface area contributed by atoms with Crippen LogP contribution in [0.1, 0.15) is 54.9 Å². The molecular weight excluding hydrogens is 234 g/mol. The summed E-state index contributed by atoms with van der Waals surface area (Å²) in [4.78, 5) is 15.1. The normalized spacial score (nSPS) is 17.6. The highest BCUT2D eigenvalue weighted by molar-refractivity contribution is 6.00. The first-order valence-corrected chi connectivity index (χ1v) is 7.57. The Bertz CT molecular complexity index is 404. The van der Waals surface area contributed by atoms with Crippen molar-refractivity contribution in [3.63, 3.8) is 0 Å². The van der Waals surface area contributed by atoms with Crippen molar-refractivity contribution in [1.82, 2.24) is 4.90 Å². The zero-order valence-electron chi connectivity index (χ0n) is 12.2. The highest BCUT2D eigenvalue weighted by Crippen LogP contribution is 2.20. The number of unbranched alkanes of at least 4 members (excludes halogenated alkanes) is 1. The Morgan fingerprint density at radius 3 is 2.42 bits per heavy atom. The van der Waals surface area contributed by atoms with Gasteiger partial charge in [-0.15, -0.1) is 0 Å². The van der Waals surface area contributed by atoms with Crippen molar-refractivity contribution in [3.8, 4) is 0 Å². The molecule has 0 N–H and O–H groups in total. The largest absolute Gasteiger partial charge is 0.293 e. The maximum Gasteiger partial charge on any atom is 0.179 e. The molecule has 1 saturated heterocycles. The lowest BCUT2D eigenvalue weighted by atomic mass is 9.97. The molecule has 0 aromatic heterocycles. The van der Waals surface area contributed by atoms with E-state index in [1.807, 2.05) is 24.3 Å². The number of benzene rings is 1. The van der Waals surface area contributed by atoms with Crippen LogP contribution in [-0.2, 0) is 0 Å². The van der Waals surface area contributed by atoms with E-state index in [1.54, 1.807) is 0 Å². The lowest BCUT2D eigenvalue weighted by Gasteiger charge is -2.26. The summed E-state index contributed by atoms with van der Waals surface area (Å²) in [5, 5.41) is 0. The molecule has 2 rings (SSSR count). The molecule has 1 aromatic rings. The number of rotatable bonds is 6. The minimum atomic E-state index is 0.102. The lowest BCUT2D eigenvalue weighted by molar-refractivity contribution is 0.0835. The van der Waals surface area contributed by atoms with Gasteiger partial charge in [0.05, 0.1) is 6.04 Å². The second-order valence-corrected chi connectivity index (χ2v) is 5.63. The van der Waals surface area contributed by atoms with Crippen molar-refractivity contribution in [2.75, 3.05) is 13.1 Å². The summed E-state index contributed by atoms with van der Waals surface area (Å²) in [5.74, 6) is 0.315. The zero-order chi connectivity index (χ0) is 13.7. The molecule has 2 nitrogen and oxygen atoms in total. The highest BCUT2D eigenvalue weighted by Gasteiger charge is 2.28. The molecule has 0 saturated carbocycles. The molecule has 0 spiro atoms. The van der Waals surface area contributed by atoms with Crippen molar-refractivity contribution < 1.29 is 4.79 Å². The highest BCUT2D eigenvalue weighted by atomic mass is 16.1. The molecule has 19 heavy (non-hydrogen) atoms. The van der Waals surface area contributed by atoms with Gasteiger partial charge in [-0.1, -0.05) is 49.6 Å². The summed E-state index contributed by atoms with van der Waals surface area (Å²) >= 11 is 0. The number of aryl methyl sites for hydroxylation is 1. The Labute approximate surface area is 116 Å². The van der Waals surface area contributed by atoms with Gasteiger partial charge in [0.15, 0.2) is 5.78 Å². The van der Waals surface area contributed by atoms with Gasteiger partial charge in [0.2, 0.25) is 0 Å². The number of hydrogen-bond donors (Lipinski definition) is 0. The number of nitrogens with zero attached hydrogens (tertiary/aromatic N) is 1. The van der Waals surface area contributed by atoms with Crippen LogP contribution in [0.4, 0.5) is 0 Å². The number of ketones is 1. The third-order valence-electron chi connectivity index (χ3n) is 4.05. The quantitative estimate of drug-likeness (QED) is 0.724. The Morgan fingerprint density at radius 1 is 1.21 bits per heavy atom. The Kier molecular flexibility index (Phi) is 5.15. The van der Waals surface area contributed by atoms with Crippen LogP contribution in [0.3, 0.4) is 0 Å². The van der Waals surface area contributed by atoms with Gasteiger partial charge >= 0.3 is 0 Å². The first-order chi connectivity index (χ1) is 9.22. The van der Waals surface area contributed by atoms with Gasteiger partial charge in [-0.3, -0.25) is 9.69 Å². The van der Waals surface area contributed by atoms with E-state index in [0.29, 0.717) is 5.78 Å². The molecule has 104 valence electrons. The summed E-state index contributed by atoms with van der Waals surface area (Å²) in [6.45, 7) is 6.43. The van der Waals surface area contributed by atoms with Gasteiger partial charge in [0.25, 0.3) is 0 Å². The second kappa shape index (κ2) is 6.85. The Hall–Kier alpha value is -1.15. The smallest absolute Gasteiger partial charge is 0.179 e. The van der Waals surface area contributed by atoms with Gasteiger partial charge in [0.1, 0.15) is 0 Å². The summed E-state index contributed by atoms with van der Waals surface area (Å²) < 4.78 is 0. The third kappa shape index (κ3) is 3.66. The average Bonchev–Trinajstić information content (AvgIpc) is 2.94. The van der Waals surface area contributed by atoms with Crippen LogP contribution in [0.25, 0.3) is 0 Å². The third-order valence-corrected chi connectivity index (χ3v) is 4.05. The lowest BCUT2D eigenvalue weighted by Crippen LogP contribution is -2.39. The maximum absolute atomic E-state index is 12.7. The summed E-state index contributed by atoms with van der Waals surface area (Å²) in [6.07, 6.45) is 5.78.